The summed E-state index contributed by atoms with van der Waals surface area (Å²) in [6, 6.07) is 7.66. The van der Waals surface area contributed by atoms with E-state index in [0.29, 0.717) is 11.6 Å². The molecular weight excluding hydrogens is 442 g/mol. The Hall–Kier alpha value is 0.217. The third-order valence-corrected chi connectivity index (χ3v) is 15.3. The molecule has 2 aliphatic heterocycles. The molecule has 0 saturated carbocycles. The van der Waals surface area contributed by atoms with Gasteiger partial charge in [-0.25, -0.2) is 0 Å². The molecule has 1 aromatic carbocycles. The van der Waals surface area contributed by atoms with Crippen molar-refractivity contribution >= 4 is 30.4 Å². The summed E-state index contributed by atoms with van der Waals surface area (Å²) in [5.74, 6) is 1.43. The fraction of sp³-hybridized carbons (Fsp3) is 0.778. The molecule has 2 heterocycles. The van der Waals surface area contributed by atoms with Crippen molar-refractivity contribution in [2.45, 2.75) is 110 Å². The van der Waals surface area contributed by atoms with E-state index < -0.39 is 8.07 Å². The van der Waals surface area contributed by atoms with Gasteiger partial charge in [0.2, 0.25) is 0 Å². The lowest BCUT2D eigenvalue weighted by atomic mass is 9.62. The highest BCUT2D eigenvalue weighted by atomic mass is 31.1. The summed E-state index contributed by atoms with van der Waals surface area (Å²) in [5, 5.41) is 9.44. The average molecular weight is 493 g/mol. The van der Waals surface area contributed by atoms with E-state index in [-0.39, 0.29) is 23.9 Å². The molecule has 0 amide bonds. The molecule has 1 aromatic rings. The lowest BCUT2D eigenvalue weighted by molar-refractivity contribution is 0.139. The van der Waals surface area contributed by atoms with Gasteiger partial charge in [-0.1, -0.05) is 92.5 Å². The molecule has 32 heavy (non-hydrogen) atoms. The van der Waals surface area contributed by atoms with Gasteiger partial charge < -0.3 is 10.6 Å². The Labute approximate surface area is 203 Å². The number of hydrogen-bond donors (Lipinski definition) is 2. The first-order valence-corrected chi connectivity index (χ1v) is 18.6. The minimum atomic E-state index is -1.38. The van der Waals surface area contributed by atoms with E-state index in [1.54, 1.807) is 16.3 Å². The summed E-state index contributed by atoms with van der Waals surface area (Å²) in [6.45, 7) is 24.5. The van der Waals surface area contributed by atoms with Crippen LogP contribution in [0.2, 0.25) is 19.6 Å². The van der Waals surface area contributed by atoms with Crippen molar-refractivity contribution in [1.82, 2.24) is 10.6 Å². The van der Waals surface area contributed by atoms with E-state index in [2.05, 4.69) is 99.3 Å². The van der Waals surface area contributed by atoms with E-state index in [1.807, 2.05) is 0 Å². The molecule has 0 aromatic heterocycles. The van der Waals surface area contributed by atoms with Gasteiger partial charge >= 0.3 is 0 Å². The number of benzene rings is 1. The molecule has 2 saturated heterocycles. The maximum Gasteiger partial charge on any atom is 0.0776 e. The molecule has 182 valence electrons. The SMILES string of the molecule is CC(C)(C)C(P)(c1ccc([Si](C)(C)C)cc1CP(C1CCCN1)C1CCCN1)C(C)(C)C. The van der Waals surface area contributed by atoms with Crippen LogP contribution in [-0.2, 0) is 11.3 Å². The molecule has 2 fully saturated rings. The van der Waals surface area contributed by atoms with Crippen LogP contribution in [0.15, 0.2) is 18.2 Å². The largest absolute Gasteiger partial charge is 0.310 e. The van der Waals surface area contributed by atoms with Crippen molar-refractivity contribution in [2.75, 3.05) is 13.1 Å². The molecule has 2 nitrogen and oxygen atoms in total. The van der Waals surface area contributed by atoms with Crippen LogP contribution in [-0.4, -0.2) is 32.7 Å². The number of hydrogen-bond acceptors (Lipinski definition) is 2. The third kappa shape index (κ3) is 5.38. The zero-order valence-electron chi connectivity index (χ0n) is 22.4. The molecule has 0 aliphatic carbocycles. The fourth-order valence-electron chi connectivity index (χ4n) is 6.04. The van der Waals surface area contributed by atoms with Crippen LogP contribution < -0.4 is 15.8 Å². The van der Waals surface area contributed by atoms with E-state index in [4.69, 9.17) is 0 Å². The summed E-state index contributed by atoms with van der Waals surface area (Å²) in [5.41, 5.74) is 3.50. The predicted octanol–water partition coefficient (Wildman–Crippen LogP) is 6.80. The molecular formula is C27H50N2P2Si. The van der Waals surface area contributed by atoms with Gasteiger partial charge in [-0.15, -0.1) is 9.24 Å². The Morgan fingerprint density at radius 3 is 1.78 bits per heavy atom. The Morgan fingerprint density at radius 2 is 1.41 bits per heavy atom. The van der Waals surface area contributed by atoms with Gasteiger partial charge in [0, 0.05) is 16.7 Å². The second-order valence-corrected chi connectivity index (χ2v) is 21.9. The first-order chi connectivity index (χ1) is 14.7. The Balaban J connectivity index is 2.14. The van der Waals surface area contributed by atoms with Crippen LogP contribution >= 0.6 is 17.2 Å². The van der Waals surface area contributed by atoms with Crippen LogP contribution in [0.4, 0.5) is 0 Å². The van der Waals surface area contributed by atoms with Crippen molar-refractivity contribution < 1.29 is 0 Å². The summed E-state index contributed by atoms with van der Waals surface area (Å²) >= 11 is 0. The van der Waals surface area contributed by atoms with Crippen molar-refractivity contribution in [3.8, 4) is 0 Å². The lowest BCUT2D eigenvalue weighted by Crippen LogP contribution is -2.46. The van der Waals surface area contributed by atoms with E-state index in [9.17, 15) is 0 Å². The summed E-state index contributed by atoms with van der Waals surface area (Å²) in [7, 11) is 1.85. The van der Waals surface area contributed by atoms with Gasteiger partial charge in [0.25, 0.3) is 0 Å². The normalized spacial score (nSPS) is 24.2. The van der Waals surface area contributed by atoms with Crippen LogP contribution in [0.5, 0.6) is 0 Å². The number of nitrogens with one attached hydrogen (secondary N) is 2. The second kappa shape index (κ2) is 9.70. The number of rotatable bonds is 6. The highest BCUT2D eigenvalue weighted by Gasteiger charge is 2.49. The van der Waals surface area contributed by atoms with Gasteiger partial charge in [-0.2, -0.15) is 0 Å². The van der Waals surface area contributed by atoms with Crippen molar-refractivity contribution in [3.05, 3.63) is 29.3 Å². The van der Waals surface area contributed by atoms with Gasteiger partial charge in [-0.3, -0.25) is 0 Å². The zero-order chi connectivity index (χ0) is 23.9. The first kappa shape index (κ1) is 26.8. The molecule has 0 radical (unpaired) electrons. The predicted molar refractivity (Wildman–Crippen MR) is 152 cm³/mol. The molecule has 5 heteroatoms. The maximum absolute atomic E-state index is 3.91. The molecule has 3 atom stereocenters. The molecule has 2 N–H and O–H groups in total. The first-order valence-electron chi connectivity index (χ1n) is 12.8. The van der Waals surface area contributed by atoms with Crippen molar-refractivity contribution in [2.24, 2.45) is 10.8 Å². The van der Waals surface area contributed by atoms with Crippen LogP contribution in [0, 0.1) is 10.8 Å². The van der Waals surface area contributed by atoms with E-state index in [0.717, 1.165) is 0 Å². The topological polar surface area (TPSA) is 24.1 Å². The molecule has 3 unspecified atom stereocenters. The lowest BCUT2D eigenvalue weighted by Gasteiger charge is -2.53. The summed E-state index contributed by atoms with van der Waals surface area (Å²) < 4.78 is 0. The average Bonchev–Trinajstić information content (AvgIpc) is 3.36. The molecule has 0 bridgehead atoms. The Morgan fingerprint density at radius 1 is 0.906 bits per heavy atom. The summed E-state index contributed by atoms with van der Waals surface area (Å²) in [4.78, 5) is 0. The van der Waals surface area contributed by atoms with Crippen LogP contribution in [0.25, 0.3) is 0 Å². The highest BCUT2D eigenvalue weighted by molar-refractivity contribution is 7.58. The smallest absolute Gasteiger partial charge is 0.0776 e. The standard InChI is InChI=1S/C27H50N2P2Si/c1-25(2,3)27(30,26(4,5)6)22-15-14-21(32(7,8)9)18-20(22)19-31(23-12-10-16-28-23)24-13-11-17-29-24/h14-15,18,23-24,28-29H,10-13,16-17,19,30H2,1-9H3. The Bertz CT molecular complexity index is 746. The van der Waals surface area contributed by atoms with E-state index in [1.165, 1.54) is 44.9 Å². The highest BCUT2D eigenvalue weighted by Crippen LogP contribution is 2.60. The zero-order valence-corrected chi connectivity index (χ0v) is 25.4. The van der Waals surface area contributed by atoms with Gasteiger partial charge in [0.1, 0.15) is 0 Å². The molecule has 0 spiro atoms. The minimum absolute atomic E-state index is 0.0144. The molecule has 3 rings (SSSR count). The maximum atomic E-state index is 3.91. The van der Waals surface area contributed by atoms with Crippen molar-refractivity contribution in [3.63, 3.8) is 0 Å². The second-order valence-electron chi connectivity index (χ2n) is 13.3. The van der Waals surface area contributed by atoms with Crippen molar-refractivity contribution in [1.29, 1.82) is 0 Å². The monoisotopic (exact) mass is 492 g/mol. The summed E-state index contributed by atoms with van der Waals surface area (Å²) in [6.07, 6.45) is 6.65. The quantitative estimate of drug-likeness (QED) is 0.337. The molecule has 2 aliphatic rings. The minimum Gasteiger partial charge on any atom is -0.310 e. The van der Waals surface area contributed by atoms with Crippen LogP contribution in [0.3, 0.4) is 0 Å². The van der Waals surface area contributed by atoms with Gasteiger partial charge in [0.05, 0.1) is 8.07 Å². The van der Waals surface area contributed by atoms with Gasteiger partial charge in [0.15, 0.2) is 0 Å². The van der Waals surface area contributed by atoms with Gasteiger partial charge in [-0.05, 0) is 66.9 Å². The fourth-order valence-corrected chi connectivity index (χ4v) is 10.8. The van der Waals surface area contributed by atoms with E-state index >= 15 is 0 Å². The Kier molecular flexibility index (Phi) is 8.13. The van der Waals surface area contributed by atoms with Crippen LogP contribution in [0.1, 0.15) is 78.4 Å². The third-order valence-electron chi connectivity index (χ3n) is 7.98.